The second-order valence-corrected chi connectivity index (χ2v) is 6.86. The summed E-state index contributed by atoms with van der Waals surface area (Å²) < 4.78 is 5.60. The van der Waals surface area contributed by atoms with E-state index in [4.69, 9.17) is 4.74 Å². The lowest BCUT2D eigenvalue weighted by Gasteiger charge is -2.35. The molecule has 1 aliphatic rings. The fourth-order valence-electron chi connectivity index (χ4n) is 3.52. The number of likely N-dealkylation sites (N-methyl/N-ethyl adjacent to an activating group) is 1. The van der Waals surface area contributed by atoms with Crippen LogP contribution in [-0.2, 0) is 11.2 Å². The Kier molecular flexibility index (Phi) is 5.83. The Morgan fingerprint density at radius 1 is 1.33 bits per heavy atom. The van der Waals surface area contributed by atoms with Crippen LogP contribution in [0.25, 0.3) is 0 Å². The molecular weight excluding hydrogens is 258 g/mol. The molecular formula is C19H31NO. The zero-order valence-corrected chi connectivity index (χ0v) is 14.1. The highest BCUT2D eigenvalue weighted by Crippen LogP contribution is 2.36. The molecule has 2 atom stereocenters. The number of hydrogen-bond donors (Lipinski definition) is 1. The molecule has 118 valence electrons. The molecule has 2 heteroatoms. The third-order valence-electron chi connectivity index (χ3n) is 4.98. The van der Waals surface area contributed by atoms with Gasteiger partial charge in [0.15, 0.2) is 0 Å². The lowest BCUT2D eigenvalue weighted by molar-refractivity contribution is 0.0109. The molecule has 2 unspecified atom stereocenters. The number of aryl methyl sites for hydroxylation is 1. The molecule has 0 radical (unpaired) electrons. The zero-order valence-electron chi connectivity index (χ0n) is 14.1. The van der Waals surface area contributed by atoms with Crippen molar-refractivity contribution in [3.05, 3.63) is 35.4 Å². The van der Waals surface area contributed by atoms with E-state index in [0.29, 0.717) is 12.0 Å². The van der Waals surface area contributed by atoms with Gasteiger partial charge in [0, 0.05) is 13.2 Å². The van der Waals surface area contributed by atoms with Gasteiger partial charge >= 0.3 is 0 Å². The molecule has 0 aromatic heterocycles. The van der Waals surface area contributed by atoms with E-state index in [1.165, 1.54) is 25.7 Å². The molecule has 0 fully saturated rings. The van der Waals surface area contributed by atoms with Crippen LogP contribution in [0.4, 0.5) is 0 Å². The predicted octanol–water partition coefficient (Wildman–Crippen LogP) is 4.29. The molecule has 1 aromatic carbocycles. The Labute approximate surface area is 130 Å². The van der Waals surface area contributed by atoms with Gasteiger partial charge in [0.1, 0.15) is 0 Å². The smallest absolute Gasteiger partial charge is 0.0623 e. The Bertz CT molecular complexity index is 441. The number of hydrogen-bond acceptors (Lipinski definition) is 2. The average molecular weight is 289 g/mol. The summed E-state index contributed by atoms with van der Waals surface area (Å²) in [5.41, 5.74) is 3.11. The summed E-state index contributed by atoms with van der Waals surface area (Å²) in [7, 11) is 1.82. The molecule has 0 aliphatic heterocycles. The largest absolute Gasteiger partial charge is 0.379 e. The first-order chi connectivity index (χ1) is 10.1. The van der Waals surface area contributed by atoms with Gasteiger partial charge < -0.3 is 10.1 Å². The quantitative estimate of drug-likeness (QED) is 0.808. The van der Waals surface area contributed by atoms with E-state index in [2.05, 4.69) is 50.4 Å². The van der Waals surface area contributed by atoms with Crippen LogP contribution in [0.5, 0.6) is 0 Å². The van der Waals surface area contributed by atoms with E-state index in [9.17, 15) is 0 Å². The first-order valence-electron chi connectivity index (χ1n) is 8.43. The van der Waals surface area contributed by atoms with Crippen molar-refractivity contribution in [2.45, 2.75) is 70.4 Å². The highest BCUT2D eigenvalue weighted by molar-refractivity contribution is 5.33. The molecule has 21 heavy (non-hydrogen) atoms. The van der Waals surface area contributed by atoms with Crippen LogP contribution in [0, 0.1) is 0 Å². The van der Waals surface area contributed by atoms with Gasteiger partial charge in [0.25, 0.3) is 0 Å². The fourth-order valence-corrected chi connectivity index (χ4v) is 3.52. The summed E-state index contributed by atoms with van der Waals surface area (Å²) in [5, 5.41) is 3.73. The van der Waals surface area contributed by atoms with Crippen LogP contribution in [-0.4, -0.2) is 25.3 Å². The van der Waals surface area contributed by atoms with Crippen molar-refractivity contribution in [3.63, 3.8) is 0 Å². The molecule has 0 saturated heterocycles. The number of nitrogens with one attached hydrogen (secondary N) is 1. The minimum Gasteiger partial charge on any atom is -0.379 e. The highest BCUT2D eigenvalue weighted by Gasteiger charge is 2.29. The van der Waals surface area contributed by atoms with Gasteiger partial charge in [0.2, 0.25) is 0 Å². The summed E-state index contributed by atoms with van der Waals surface area (Å²) in [5.74, 6) is 0.655. The average Bonchev–Trinajstić information content (AvgIpc) is 2.51. The van der Waals surface area contributed by atoms with Gasteiger partial charge in [-0.3, -0.25) is 0 Å². The first kappa shape index (κ1) is 16.5. The molecule has 2 nitrogen and oxygen atoms in total. The van der Waals surface area contributed by atoms with Crippen molar-refractivity contribution in [2.75, 3.05) is 13.7 Å². The molecule has 0 amide bonds. The Balaban J connectivity index is 2.12. The number of ether oxygens (including phenoxy) is 1. The van der Waals surface area contributed by atoms with E-state index in [-0.39, 0.29) is 5.60 Å². The molecule has 0 heterocycles. The molecule has 1 N–H and O–H groups in total. The van der Waals surface area contributed by atoms with Crippen LogP contribution in [0.15, 0.2) is 24.3 Å². The summed E-state index contributed by atoms with van der Waals surface area (Å²) in [4.78, 5) is 0. The Hall–Kier alpha value is -0.860. The topological polar surface area (TPSA) is 21.3 Å². The summed E-state index contributed by atoms with van der Waals surface area (Å²) in [6.07, 6.45) is 6.14. The van der Waals surface area contributed by atoms with E-state index in [0.717, 1.165) is 13.0 Å². The molecule has 0 bridgehead atoms. The minimum atomic E-state index is -0.0259. The van der Waals surface area contributed by atoms with Crippen molar-refractivity contribution in [3.8, 4) is 0 Å². The lowest BCUT2D eigenvalue weighted by Crippen LogP contribution is -2.38. The summed E-state index contributed by atoms with van der Waals surface area (Å²) >= 11 is 0. The summed E-state index contributed by atoms with van der Waals surface area (Å²) in [6, 6.07) is 9.58. The second-order valence-electron chi connectivity index (χ2n) is 6.86. The fraction of sp³-hybridized carbons (Fsp3) is 0.684. The van der Waals surface area contributed by atoms with E-state index >= 15 is 0 Å². The maximum Gasteiger partial charge on any atom is 0.0623 e. The SMILES string of the molecule is CCNC(CCC(C)(C)OC)C1CCCc2ccccc21. The van der Waals surface area contributed by atoms with Crippen molar-refractivity contribution < 1.29 is 4.74 Å². The minimum absolute atomic E-state index is 0.0259. The second kappa shape index (κ2) is 7.42. The van der Waals surface area contributed by atoms with Gasteiger partial charge in [-0.15, -0.1) is 0 Å². The number of rotatable bonds is 7. The van der Waals surface area contributed by atoms with Crippen molar-refractivity contribution >= 4 is 0 Å². The predicted molar refractivity (Wildman–Crippen MR) is 89.9 cm³/mol. The lowest BCUT2D eigenvalue weighted by atomic mass is 9.77. The van der Waals surface area contributed by atoms with Gasteiger partial charge in [-0.1, -0.05) is 31.2 Å². The van der Waals surface area contributed by atoms with E-state index in [1.54, 1.807) is 11.1 Å². The maximum absolute atomic E-state index is 5.60. The van der Waals surface area contributed by atoms with Gasteiger partial charge in [-0.05, 0) is 69.5 Å². The standard InChI is InChI=1S/C19H31NO/c1-5-20-18(13-14-19(2,3)21-4)17-12-8-10-15-9-6-7-11-16(15)17/h6-7,9,11,17-18,20H,5,8,10,12-14H2,1-4H3. The van der Waals surface area contributed by atoms with Crippen LogP contribution < -0.4 is 5.32 Å². The van der Waals surface area contributed by atoms with Gasteiger partial charge in [0.05, 0.1) is 5.60 Å². The maximum atomic E-state index is 5.60. The van der Waals surface area contributed by atoms with Crippen LogP contribution in [0.2, 0.25) is 0 Å². The van der Waals surface area contributed by atoms with Crippen LogP contribution in [0.3, 0.4) is 0 Å². The summed E-state index contributed by atoms with van der Waals surface area (Å²) in [6.45, 7) is 7.62. The number of fused-ring (bicyclic) bond motifs is 1. The normalized spacial score (nSPS) is 20.1. The number of benzene rings is 1. The van der Waals surface area contributed by atoms with Crippen LogP contribution in [0.1, 0.15) is 63.5 Å². The zero-order chi connectivity index (χ0) is 15.3. The number of methoxy groups -OCH3 is 1. The van der Waals surface area contributed by atoms with Gasteiger partial charge in [-0.25, -0.2) is 0 Å². The monoisotopic (exact) mass is 289 g/mol. The first-order valence-corrected chi connectivity index (χ1v) is 8.43. The Morgan fingerprint density at radius 3 is 2.81 bits per heavy atom. The molecule has 1 aliphatic carbocycles. The molecule has 0 spiro atoms. The van der Waals surface area contributed by atoms with Crippen molar-refractivity contribution in [1.29, 1.82) is 0 Å². The van der Waals surface area contributed by atoms with E-state index < -0.39 is 0 Å². The highest BCUT2D eigenvalue weighted by atomic mass is 16.5. The Morgan fingerprint density at radius 2 is 2.10 bits per heavy atom. The molecule has 1 aromatic rings. The third kappa shape index (κ3) is 4.31. The van der Waals surface area contributed by atoms with E-state index in [1.807, 2.05) is 7.11 Å². The van der Waals surface area contributed by atoms with Crippen molar-refractivity contribution in [1.82, 2.24) is 5.32 Å². The molecule has 2 rings (SSSR count). The molecule has 0 saturated carbocycles. The van der Waals surface area contributed by atoms with Gasteiger partial charge in [-0.2, -0.15) is 0 Å². The van der Waals surface area contributed by atoms with Crippen LogP contribution >= 0.6 is 0 Å². The van der Waals surface area contributed by atoms with Crippen molar-refractivity contribution in [2.24, 2.45) is 0 Å². The third-order valence-corrected chi connectivity index (χ3v) is 4.98.